The lowest BCUT2D eigenvalue weighted by atomic mass is 10.0. The van der Waals surface area contributed by atoms with Gasteiger partial charge in [0.1, 0.15) is 11.5 Å². The van der Waals surface area contributed by atoms with Gasteiger partial charge in [0.15, 0.2) is 0 Å². The van der Waals surface area contributed by atoms with Gasteiger partial charge in [-0.1, -0.05) is 5.92 Å². The van der Waals surface area contributed by atoms with Gasteiger partial charge in [0.25, 0.3) is 0 Å². The Morgan fingerprint density at radius 1 is 0.818 bits per heavy atom. The number of anilines is 2. The second-order valence-corrected chi connectivity index (χ2v) is 5.25. The molecule has 2 aromatic carbocycles. The zero-order chi connectivity index (χ0) is 15.4. The van der Waals surface area contributed by atoms with Gasteiger partial charge >= 0.3 is 5.79 Å². The molecule has 0 bridgehead atoms. The average molecular weight is 294 g/mol. The van der Waals surface area contributed by atoms with Crippen LogP contribution in [-0.4, -0.2) is 5.79 Å². The monoisotopic (exact) mass is 294 g/mol. The molecule has 112 valence electrons. The van der Waals surface area contributed by atoms with Crippen LogP contribution in [0.4, 0.5) is 11.4 Å². The number of nitrogens with two attached hydrogens (primary N) is 2. The van der Waals surface area contributed by atoms with Crippen LogP contribution in [-0.2, 0) is 0 Å². The Bertz CT molecular complexity index is 649. The summed E-state index contributed by atoms with van der Waals surface area (Å²) in [7, 11) is 0. The molecule has 0 spiro atoms. The van der Waals surface area contributed by atoms with E-state index in [1.54, 1.807) is 24.3 Å². The van der Waals surface area contributed by atoms with Gasteiger partial charge < -0.3 is 20.9 Å². The van der Waals surface area contributed by atoms with Crippen LogP contribution in [0.2, 0.25) is 0 Å². The summed E-state index contributed by atoms with van der Waals surface area (Å²) in [6.45, 7) is 0. The maximum absolute atomic E-state index is 6.05. The number of hydrogen-bond donors (Lipinski definition) is 2. The largest absolute Gasteiger partial charge is 0.442 e. The molecule has 4 N–H and O–H groups in total. The first-order valence-corrected chi connectivity index (χ1v) is 7.24. The third-order valence-electron chi connectivity index (χ3n) is 3.41. The van der Waals surface area contributed by atoms with Crippen molar-refractivity contribution in [1.29, 1.82) is 0 Å². The van der Waals surface area contributed by atoms with Crippen LogP contribution in [0.1, 0.15) is 19.3 Å². The van der Waals surface area contributed by atoms with Crippen molar-refractivity contribution in [3.05, 3.63) is 48.5 Å². The van der Waals surface area contributed by atoms with E-state index in [-0.39, 0.29) is 0 Å². The van der Waals surface area contributed by atoms with Crippen LogP contribution in [0.3, 0.4) is 0 Å². The predicted molar refractivity (Wildman–Crippen MR) is 87.3 cm³/mol. The summed E-state index contributed by atoms with van der Waals surface area (Å²) < 4.78 is 12.1. The third kappa shape index (κ3) is 3.26. The quantitative estimate of drug-likeness (QED) is 0.516. The van der Waals surface area contributed by atoms with E-state index in [1.807, 2.05) is 24.3 Å². The lowest BCUT2D eigenvalue weighted by Crippen LogP contribution is -2.42. The molecule has 2 aromatic rings. The lowest BCUT2D eigenvalue weighted by molar-refractivity contribution is -0.0709. The smallest absolute Gasteiger partial charge is 0.316 e. The molecular formula is C18H18N2O2. The van der Waals surface area contributed by atoms with Gasteiger partial charge in [0, 0.05) is 24.2 Å². The van der Waals surface area contributed by atoms with Gasteiger partial charge in [0.05, 0.1) is 0 Å². The molecule has 0 aromatic heterocycles. The van der Waals surface area contributed by atoms with E-state index in [4.69, 9.17) is 20.9 Å². The highest BCUT2D eigenvalue weighted by Gasteiger charge is 2.34. The molecule has 0 amide bonds. The fourth-order valence-corrected chi connectivity index (χ4v) is 2.30. The van der Waals surface area contributed by atoms with Gasteiger partial charge in [-0.2, -0.15) is 0 Å². The minimum atomic E-state index is -0.968. The van der Waals surface area contributed by atoms with Crippen molar-refractivity contribution in [1.82, 2.24) is 0 Å². The molecular weight excluding hydrogens is 276 g/mol. The second-order valence-electron chi connectivity index (χ2n) is 5.25. The summed E-state index contributed by atoms with van der Waals surface area (Å²) in [6.07, 6.45) is 2.49. The van der Waals surface area contributed by atoms with Gasteiger partial charge in [0.2, 0.25) is 0 Å². The lowest BCUT2D eigenvalue weighted by Gasteiger charge is -2.31. The highest BCUT2D eigenvalue weighted by molar-refractivity contribution is 5.43. The number of ether oxygens (including phenoxy) is 2. The normalized spacial score (nSPS) is 15.5. The van der Waals surface area contributed by atoms with Crippen LogP contribution < -0.4 is 20.9 Å². The maximum atomic E-state index is 6.05. The van der Waals surface area contributed by atoms with Crippen molar-refractivity contribution >= 4 is 11.4 Å². The molecule has 3 rings (SSSR count). The van der Waals surface area contributed by atoms with Gasteiger partial charge in [-0.05, 0) is 60.9 Å². The molecule has 0 saturated heterocycles. The Balaban J connectivity index is 1.85. The van der Waals surface area contributed by atoms with E-state index in [1.165, 1.54) is 0 Å². The molecule has 0 heterocycles. The highest BCUT2D eigenvalue weighted by Crippen LogP contribution is 2.29. The van der Waals surface area contributed by atoms with Crippen LogP contribution in [0.15, 0.2) is 48.5 Å². The number of nitrogen functional groups attached to an aromatic ring is 2. The third-order valence-corrected chi connectivity index (χ3v) is 3.41. The van der Waals surface area contributed by atoms with E-state index in [0.29, 0.717) is 29.3 Å². The van der Waals surface area contributed by atoms with Gasteiger partial charge in [-0.15, -0.1) is 0 Å². The van der Waals surface area contributed by atoms with E-state index < -0.39 is 5.79 Å². The minimum absolute atomic E-state index is 0.681. The SMILES string of the molecule is Nc1ccc(OC2(Oc3ccc(N)cc3)C#CCCC2)cc1. The molecule has 4 heteroatoms. The molecule has 0 atom stereocenters. The van der Waals surface area contributed by atoms with E-state index in [0.717, 1.165) is 12.8 Å². The molecule has 1 aliphatic rings. The van der Waals surface area contributed by atoms with E-state index in [2.05, 4.69) is 11.8 Å². The molecule has 0 aliphatic heterocycles. The van der Waals surface area contributed by atoms with Crippen molar-refractivity contribution < 1.29 is 9.47 Å². The number of rotatable bonds is 4. The van der Waals surface area contributed by atoms with Crippen molar-refractivity contribution in [2.75, 3.05) is 11.5 Å². The van der Waals surface area contributed by atoms with E-state index in [9.17, 15) is 0 Å². The summed E-state index contributed by atoms with van der Waals surface area (Å²) in [5.41, 5.74) is 12.8. The molecule has 1 aliphatic carbocycles. The van der Waals surface area contributed by atoms with Gasteiger partial charge in [-0.3, -0.25) is 0 Å². The number of benzene rings is 2. The molecule has 0 radical (unpaired) electrons. The molecule has 4 nitrogen and oxygen atoms in total. The van der Waals surface area contributed by atoms with Crippen molar-refractivity contribution in [3.8, 4) is 23.3 Å². The minimum Gasteiger partial charge on any atom is -0.442 e. The fourth-order valence-electron chi connectivity index (χ4n) is 2.30. The highest BCUT2D eigenvalue weighted by atomic mass is 16.7. The Hall–Kier alpha value is -2.80. The molecule has 0 fully saturated rings. The molecule has 0 saturated carbocycles. The molecule has 22 heavy (non-hydrogen) atoms. The average Bonchev–Trinajstić information content (AvgIpc) is 2.53. The first kappa shape index (κ1) is 14.2. The van der Waals surface area contributed by atoms with Crippen molar-refractivity contribution in [2.45, 2.75) is 25.0 Å². The van der Waals surface area contributed by atoms with Crippen LogP contribution in [0.5, 0.6) is 11.5 Å². The Morgan fingerprint density at radius 3 is 1.73 bits per heavy atom. The fraction of sp³-hybridized carbons (Fsp3) is 0.222. The van der Waals surface area contributed by atoms with Crippen LogP contribution >= 0.6 is 0 Å². The first-order valence-electron chi connectivity index (χ1n) is 7.24. The summed E-state index contributed by atoms with van der Waals surface area (Å²) >= 11 is 0. The van der Waals surface area contributed by atoms with Crippen LogP contribution in [0.25, 0.3) is 0 Å². The molecule has 0 unspecified atom stereocenters. The Kier molecular flexibility index (Phi) is 3.80. The van der Waals surface area contributed by atoms with Gasteiger partial charge in [-0.25, -0.2) is 0 Å². The Labute approximate surface area is 130 Å². The zero-order valence-electron chi connectivity index (χ0n) is 12.2. The predicted octanol–water partition coefficient (Wildman–Crippen LogP) is 3.19. The Morgan fingerprint density at radius 2 is 1.32 bits per heavy atom. The summed E-state index contributed by atoms with van der Waals surface area (Å²) in [4.78, 5) is 0. The van der Waals surface area contributed by atoms with Crippen molar-refractivity contribution in [3.63, 3.8) is 0 Å². The van der Waals surface area contributed by atoms with Crippen LogP contribution in [0, 0.1) is 11.8 Å². The zero-order valence-corrected chi connectivity index (χ0v) is 12.2. The second kappa shape index (κ2) is 5.90. The maximum Gasteiger partial charge on any atom is 0.316 e. The van der Waals surface area contributed by atoms with E-state index >= 15 is 0 Å². The standard InChI is InChI=1S/C18H18N2O2/c19-14-4-8-16(9-5-14)21-18(12-2-1-3-13-18)22-17-10-6-15(20)7-11-17/h4-11H,1-2,12,19-20H2. The first-order chi connectivity index (χ1) is 10.7. The topological polar surface area (TPSA) is 70.5 Å². The summed E-state index contributed by atoms with van der Waals surface area (Å²) in [5, 5.41) is 0. The van der Waals surface area contributed by atoms with Crippen molar-refractivity contribution in [2.24, 2.45) is 0 Å². The summed E-state index contributed by atoms with van der Waals surface area (Å²) in [6, 6.07) is 14.5. The summed E-state index contributed by atoms with van der Waals surface area (Å²) in [5.74, 6) is 6.59. The number of hydrogen-bond acceptors (Lipinski definition) is 4.